The van der Waals surface area contributed by atoms with Gasteiger partial charge < -0.3 is 0 Å². The van der Waals surface area contributed by atoms with Crippen molar-refractivity contribution in [2.24, 2.45) is 0 Å². The minimum Gasteiger partial charge on any atom is -0.299 e. The number of nitrogens with zero attached hydrogens (tertiary/aromatic N) is 1. The Kier molecular flexibility index (Phi) is 3.74. The van der Waals surface area contributed by atoms with Gasteiger partial charge >= 0.3 is 0 Å². The molecule has 0 N–H and O–H groups in total. The first-order chi connectivity index (χ1) is 7.09. The summed E-state index contributed by atoms with van der Waals surface area (Å²) in [4.78, 5) is 20.9. The summed E-state index contributed by atoms with van der Waals surface area (Å²) in [5.74, 6) is -0.214. The highest BCUT2D eigenvalue weighted by Crippen LogP contribution is 2.10. The summed E-state index contributed by atoms with van der Waals surface area (Å²) in [5, 5.41) is 10.6. The molecule has 0 amide bonds. The molecule has 0 aliphatic rings. The Balaban J connectivity index is 2.94. The lowest BCUT2D eigenvalue weighted by atomic mass is 10.1. The van der Waals surface area contributed by atoms with Crippen LogP contribution in [0.4, 0.5) is 0 Å². The molecule has 4 nitrogen and oxygen atoms in total. The molecule has 0 unspecified atom stereocenters. The van der Waals surface area contributed by atoms with Gasteiger partial charge in [0.05, 0.1) is 11.3 Å². The largest absolute Gasteiger partial charge is 0.299 e. The van der Waals surface area contributed by atoms with Crippen LogP contribution in [0.1, 0.15) is 18.9 Å². The fourth-order valence-electron chi connectivity index (χ4n) is 1.16. The number of carbonyl (C=O) groups excluding carboxylic acids is 1. The van der Waals surface area contributed by atoms with Crippen molar-refractivity contribution in [2.45, 2.75) is 13.3 Å². The molecule has 0 spiro atoms. The Labute approximate surface area is 87.4 Å². The number of benzene rings is 1. The maximum Gasteiger partial charge on any atom is 0.254 e. The van der Waals surface area contributed by atoms with Crippen LogP contribution in [-0.2, 0) is 4.79 Å². The number of rotatable bonds is 4. The van der Waals surface area contributed by atoms with Gasteiger partial charge in [-0.2, -0.15) is 0 Å². The van der Waals surface area contributed by atoms with E-state index in [4.69, 9.17) is 0 Å². The summed E-state index contributed by atoms with van der Waals surface area (Å²) >= 11 is 0. The normalized spacial score (nSPS) is 11.1. The maximum atomic E-state index is 10.8. The summed E-state index contributed by atoms with van der Waals surface area (Å²) in [5.41, 5.74) is 0.652. The van der Waals surface area contributed by atoms with Gasteiger partial charge in [0.15, 0.2) is 0 Å². The van der Waals surface area contributed by atoms with E-state index in [0.717, 1.165) is 5.56 Å². The van der Waals surface area contributed by atoms with E-state index < -0.39 is 4.92 Å². The van der Waals surface area contributed by atoms with Crippen molar-refractivity contribution >= 4 is 11.9 Å². The van der Waals surface area contributed by atoms with Gasteiger partial charge in [-0.05, 0) is 12.5 Å². The van der Waals surface area contributed by atoms with Gasteiger partial charge in [0, 0.05) is 6.08 Å². The number of carbonyl (C=O) groups is 1. The minimum absolute atomic E-state index is 0.0753. The van der Waals surface area contributed by atoms with Gasteiger partial charge in [-0.15, -0.1) is 0 Å². The third-order valence-corrected chi connectivity index (χ3v) is 1.80. The smallest absolute Gasteiger partial charge is 0.254 e. The Morgan fingerprint density at radius 2 is 2.00 bits per heavy atom. The fraction of sp³-hybridized carbons (Fsp3) is 0.182. The average Bonchev–Trinajstić information content (AvgIpc) is 2.17. The number of nitro groups is 1. The summed E-state index contributed by atoms with van der Waals surface area (Å²) in [6.07, 6.45) is 1.28. The van der Waals surface area contributed by atoms with E-state index in [0.29, 0.717) is 0 Å². The summed E-state index contributed by atoms with van der Waals surface area (Å²) in [6.45, 7) is 1.34. The van der Waals surface area contributed by atoms with Crippen LogP contribution in [0, 0.1) is 10.1 Å². The van der Waals surface area contributed by atoms with Crippen molar-refractivity contribution in [1.82, 2.24) is 0 Å². The third kappa shape index (κ3) is 3.72. The molecule has 4 heteroatoms. The predicted octanol–water partition coefficient (Wildman–Crippen LogP) is 2.28. The summed E-state index contributed by atoms with van der Waals surface area (Å²) in [6, 6.07) is 8.91. The Bertz CT molecular complexity index is 396. The van der Waals surface area contributed by atoms with Gasteiger partial charge in [-0.25, -0.2) is 0 Å². The van der Waals surface area contributed by atoms with Crippen molar-refractivity contribution in [3.05, 3.63) is 51.7 Å². The van der Waals surface area contributed by atoms with Crippen molar-refractivity contribution < 1.29 is 9.72 Å². The molecule has 0 aromatic heterocycles. The highest BCUT2D eigenvalue weighted by atomic mass is 16.6. The van der Waals surface area contributed by atoms with E-state index in [1.165, 1.54) is 13.0 Å². The predicted molar refractivity (Wildman–Crippen MR) is 56.7 cm³/mol. The van der Waals surface area contributed by atoms with Crippen molar-refractivity contribution in [3.8, 4) is 0 Å². The number of Topliss-reactive ketones (excluding diaryl/α,β-unsaturated/α-hetero) is 1. The van der Waals surface area contributed by atoms with Crippen LogP contribution < -0.4 is 0 Å². The van der Waals surface area contributed by atoms with Crippen LogP contribution in [0.3, 0.4) is 0 Å². The van der Waals surface area contributed by atoms with Crippen molar-refractivity contribution in [1.29, 1.82) is 0 Å². The van der Waals surface area contributed by atoms with Gasteiger partial charge in [-0.1, -0.05) is 30.3 Å². The lowest BCUT2D eigenvalue weighted by molar-refractivity contribution is -0.424. The summed E-state index contributed by atoms with van der Waals surface area (Å²) < 4.78 is 0. The SMILES string of the molecule is CC(=O)CC(=Cc1ccccc1)[N+](=O)[O-]. The first-order valence-electron chi connectivity index (χ1n) is 4.49. The van der Waals surface area contributed by atoms with Gasteiger partial charge in [0.25, 0.3) is 5.70 Å². The lowest BCUT2D eigenvalue weighted by Crippen LogP contribution is -2.03. The Morgan fingerprint density at radius 1 is 1.40 bits per heavy atom. The second-order valence-electron chi connectivity index (χ2n) is 3.18. The molecule has 0 heterocycles. The van der Waals surface area contributed by atoms with E-state index >= 15 is 0 Å². The first kappa shape index (κ1) is 11.1. The highest BCUT2D eigenvalue weighted by molar-refractivity contribution is 5.78. The number of allylic oxidation sites excluding steroid dienone is 1. The van der Waals surface area contributed by atoms with E-state index in [1.807, 2.05) is 6.07 Å². The molecule has 0 radical (unpaired) electrons. The van der Waals surface area contributed by atoms with E-state index in [-0.39, 0.29) is 17.9 Å². The molecular formula is C11H11NO3. The first-order valence-corrected chi connectivity index (χ1v) is 4.49. The standard InChI is InChI=1S/C11H11NO3/c1-9(13)7-11(12(14)15)8-10-5-3-2-4-6-10/h2-6,8H,7H2,1H3. The van der Waals surface area contributed by atoms with Crippen molar-refractivity contribution in [3.63, 3.8) is 0 Å². The Morgan fingerprint density at radius 3 is 2.47 bits per heavy atom. The van der Waals surface area contributed by atoms with Gasteiger partial charge in [-0.3, -0.25) is 14.9 Å². The quantitative estimate of drug-likeness (QED) is 0.559. The molecule has 1 rings (SSSR count). The molecule has 1 aromatic carbocycles. The molecule has 0 fully saturated rings. The molecule has 15 heavy (non-hydrogen) atoms. The molecule has 0 saturated carbocycles. The van der Waals surface area contributed by atoms with E-state index in [1.54, 1.807) is 24.3 Å². The van der Waals surface area contributed by atoms with Crippen LogP contribution in [0.5, 0.6) is 0 Å². The molecule has 0 bridgehead atoms. The fourth-order valence-corrected chi connectivity index (χ4v) is 1.16. The van der Waals surface area contributed by atoms with Crippen LogP contribution in [0.2, 0.25) is 0 Å². The monoisotopic (exact) mass is 205 g/mol. The molecule has 78 valence electrons. The van der Waals surface area contributed by atoms with Gasteiger partial charge in [0.1, 0.15) is 5.78 Å². The van der Waals surface area contributed by atoms with E-state index in [2.05, 4.69) is 0 Å². The lowest BCUT2D eigenvalue weighted by Gasteiger charge is -1.96. The second-order valence-corrected chi connectivity index (χ2v) is 3.18. The highest BCUT2D eigenvalue weighted by Gasteiger charge is 2.12. The van der Waals surface area contributed by atoms with Crippen molar-refractivity contribution in [2.75, 3.05) is 0 Å². The molecular weight excluding hydrogens is 194 g/mol. The van der Waals surface area contributed by atoms with Crippen LogP contribution in [-0.4, -0.2) is 10.7 Å². The second kappa shape index (κ2) is 5.05. The van der Waals surface area contributed by atoms with Crippen LogP contribution >= 0.6 is 0 Å². The van der Waals surface area contributed by atoms with Crippen LogP contribution in [0.15, 0.2) is 36.0 Å². The summed E-state index contributed by atoms with van der Waals surface area (Å²) in [7, 11) is 0. The zero-order valence-corrected chi connectivity index (χ0v) is 8.34. The zero-order valence-electron chi connectivity index (χ0n) is 8.34. The maximum absolute atomic E-state index is 10.8. The number of ketones is 1. The topological polar surface area (TPSA) is 60.2 Å². The third-order valence-electron chi connectivity index (χ3n) is 1.80. The average molecular weight is 205 g/mol. The molecule has 0 aliphatic heterocycles. The zero-order chi connectivity index (χ0) is 11.3. The van der Waals surface area contributed by atoms with Crippen LogP contribution in [0.25, 0.3) is 6.08 Å². The molecule has 0 aliphatic carbocycles. The Hall–Kier alpha value is -1.97. The molecule has 0 saturated heterocycles. The number of hydrogen-bond acceptors (Lipinski definition) is 3. The minimum atomic E-state index is -0.519. The number of hydrogen-bond donors (Lipinski definition) is 0. The molecule has 0 atom stereocenters. The molecule has 1 aromatic rings. The van der Waals surface area contributed by atoms with Gasteiger partial charge in [0.2, 0.25) is 0 Å². The van der Waals surface area contributed by atoms with E-state index in [9.17, 15) is 14.9 Å².